The first-order valence-corrected chi connectivity index (χ1v) is 3.15. The molecule has 1 radical (unpaired) electrons. The summed E-state index contributed by atoms with van der Waals surface area (Å²) in [5, 5.41) is 0. The zero-order chi connectivity index (χ0) is 7.40. The fourth-order valence-electron chi connectivity index (χ4n) is 0.680. The highest BCUT2D eigenvalue weighted by Crippen LogP contribution is 2.05. The molecule has 2 nitrogen and oxygen atoms in total. The van der Waals surface area contributed by atoms with Gasteiger partial charge >= 0.3 is 0 Å². The van der Waals surface area contributed by atoms with Crippen molar-refractivity contribution in [3.8, 4) is 5.88 Å². The van der Waals surface area contributed by atoms with E-state index in [1.54, 1.807) is 13.3 Å². The van der Waals surface area contributed by atoms with Gasteiger partial charge in [-0.05, 0) is 18.9 Å². The van der Waals surface area contributed by atoms with Crippen LogP contribution in [0.4, 0.5) is 0 Å². The molecule has 0 amide bonds. The van der Waals surface area contributed by atoms with E-state index in [9.17, 15) is 0 Å². The SMILES string of the molecule is [CH2]Cc1ccc(OC)nc1. The third kappa shape index (κ3) is 1.47. The van der Waals surface area contributed by atoms with E-state index in [1.807, 2.05) is 12.1 Å². The molecule has 0 saturated carbocycles. The van der Waals surface area contributed by atoms with Crippen molar-refractivity contribution in [3.63, 3.8) is 0 Å². The van der Waals surface area contributed by atoms with Crippen LogP contribution in [0.5, 0.6) is 5.88 Å². The van der Waals surface area contributed by atoms with Crippen molar-refractivity contribution < 1.29 is 4.74 Å². The zero-order valence-electron chi connectivity index (χ0n) is 6.00. The van der Waals surface area contributed by atoms with Crippen LogP contribution < -0.4 is 4.74 Å². The second-order valence-corrected chi connectivity index (χ2v) is 1.96. The fraction of sp³-hybridized carbons (Fsp3) is 0.250. The monoisotopic (exact) mass is 136 g/mol. The van der Waals surface area contributed by atoms with E-state index >= 15 is 0 Å². The Morgan fingerprint density at radius 3 is 2.80 bits per heavy atom. The standard InChI is InChI=1S/C8H10NO/c1-3-7-4-5-8(10-2)9-6-7/h4-6H,1,3H2,2H3. The highest BCUT2D eigenvalue weighted by molar-refractivity contribution is 5.17. The molecule has 1 heterocycles. The highest BCUT2D eigenvalue weighted by atomic mass is 16.5. The number of aromatic nitrogens is 1. The van der Waals surface area contributed by atoms with Gasteiger partial charge in [0.1, 0.15) is 0 Å². The van der Waals surface area contributed by atoms with E-state index in [-0.39, 0.29) is 0 Å². The van der Waals surface area contributed by atoms with Crippen LogP contribution in [0.25, 0.3) is 0 Å². The molecule has 0 unspecified atom stereocenters. The van der Waals surface area contributed by atoms with Gasteiger partial charge in [-0.25, -0.2) is 4.98 Å². The van der Waals surface area contributed by atoms with Gasteiger partial charge in [0.15, 0.2) is 0 Å². The molecule has 10 heavy (non-hydrogen) atoms. The number of pyridine rings is 1. The molecule has 1 aromatic heterocycles. The van der Waals surface area contributed by atoms with Crippen LogP contribution in [-0.4, -0.2) is 12.1 Å². The molecule has 0 atom stereocenters. The van der Waals surface area contributed by atoms with Crippen molar-refractivity contribution >= 4 is 0 Å². The van der Waals surface area contributed by atoms with Crippen LogP contribution in [0.1, 0.15) is 5.56 Å². The van der Waals surface area contributed by atoms with E-state index in [2.05, 4.69) is 11.9 Å². The maximum atomic E-state index is 4.88. The first-order valence-electron chi connectivity index (χ1n) is 3.15. The van der Waals surface area contributed by atoms with Gasteiger partial charge in [-0.2, -0.15) is 0 Å². The van der Waals surface area contributed by atoms with E-state index in [0.717, 1.165) is 12.0 Å². The number of ether oxygens (including phenoxy) is 1. The third-order valence-electron chi connectivity index (χ3n) is 1.30. The minimum Gasteiger partial charge on any atom is -0.481 e. The Morgan fingerprint density at radius 2 is 2.40 bits per heavy atom. The summed E-state index contributed by atoms with van der Waals surface area (Å²) in [5.41, 5.74) is 1.13. The molecule has 0 saturated heterocycles. The van der Waals surface area contributed by atoms with Crippen molar-refractivity contribution in [2.24, 2.45) is 0 Å². The summed E-state index contributed by atoms with van der Waals surface area (Å²) in [6.07, 6.45) is 2.54. The first-order chi connectivity index (χ1) is 4.86. The van der Waals surface area contributed by atoms with Gasteiger partial charge in [-0.1, -0.05) is 6.07 Å². The Labute approximate surface area is 60.9 Å². The largest absolute Gasteiger partial charge is 0.481 e. The quantitative estimate of drug-likeness (QED) is 0.614. The summed E-state index contributed by atoms with van der Waals surface area (Å²) in [5.74, 6) is 0.650. The van der Waals surface area contributed by atoms with Gasteiger partial charge < -0.3 is 4.74 Å². The van der Waals surface area contributed by atoms with E-state index in [0.29, 0.717) is 5.88 Å². The Morgan fingerprint density at radius 1 is 1.60 bits per heavy atom. The van der Waals surface area contributed by atoms with Gasteiger partial charge in [-0.15, -0.1) is 0 Å². The van der Waals surface area contributed by atoms with E-state index in [4.69, 9.17) is 4.74 Å². The summed E-state index contributed by atoms with van der Waals surface area (Å²) in [7, 11) is 1.60. The van der Waals surface area contributed by atoms with Gasteiger partial charge in [-0.3, -0.25) is 0 Å². The highest BCUT2D eigenvalue weighted by Gasteiger charge is 1.90. The molecule has 0 aliphatic heterocycles. The van der Waals surface area contributed by atoms with E-state index in [1.165, 1.54) is 0 Å². The van der Waals surface area contributed by atoms with Crippen molar-refractivity contribution in [1.29, 1.82) is 0 Å². The maximum Gasteiger partial charge on any atom is 0.212 e. The molecule has 0 bridgehead atoms. The molecular weight excluding hydrogens is 126 g/mol. The predicted octanol–water partition coefficient (Wildman–Crippen LogP) is 1.47. The van der Waals surface area contributed by atoms with Gasteiger partial charge in [0.05, 0.1) is 7.11 Å². The molecule has 1 aromatic rings. The second-order valence-electron chi connectivity index (χ2n) is 1.96. The van der Waals surface area contributed by atoms with Crippen LogP contribution in [0.15, 0.2) is 18.3 Å². The smallest absolute Gasteiger partial charge is 0.212 e. The minimum atomic E-state index is 0.650. The molecule has 0 aliphatic rings. The number of nitrogens with zero attached hydrogens (tertiary/aromatic N) is 1. The number of hydrogen-bond donors (Lipinski definition) is 0. The maximum absolute atomic E-state index is 4.88. The molecule has 0 aromatic carbocycles. The molecule has 0 aliphatic carbocycles. The van der Waals surface area contributed by atoms with Gasteiger partial charge in [0.25, 0.3) is 0 Å². The summed E-state index contributed by atoms with van der Waals surface area (Å²) in [6.45, 7) is 3.73. The Kier molecular flexibility index (Phi) is 2.26. The van der Waals surface area contributed by atoms with Gasteiger partial charge in [0, 0.05) is 12.3 Å². The van der Waals surface area contributed by atoms with Crippen LogP contribution >= 0.6 is 0 Å². The molecule has 53 valence electrons. The van der Waals surface area contributed by atoms with Crippen molar-refractivity contribution in [1.82, 2.24) is 4.98 Å². The zero-order valence-corrected chi connectivity index (χ0v) is 6.00. The van der Waals surface area contributed by atoms with Crippen LogP contribution in [-0.2, 0) is 6.42 Å². The van der Waals surface area contributed by atoms with Crippen molar-refractivity contribution in [2.75, 3.05) is 7.11 Å². The lowest BCUT2D eigenvalue weighted by molar-refractivity contribution is 0.397. The number of rotatable bonds is 2. The third-order valence-corrected chi connectivity index (χ3v) is 1.30. The van der Waals surface area contributed by atoms with Gasteiger partial charge in [0.2, 0.25) is 5.88 Å². The Hall–Kier alpha value is -1.05. The molecule has 0 N–H and O–H groups in total. The summed E-state index contributed by atoms with van der Waals surface area (Å²) < 4.78 is 4.88. The Balaban J connectivity index is 2.80. The lowest BCUT2D eigenvalue weighted by Crippen LogP contribution is -1.87. The Bertz CT molecular complexity index is 170. The number of methoxy groups -OCH3 is 1. The average Bonchev–Trinajstić information content (AvgIpc) is 2.05. The molecule has 0 spiro atoms. The van der Waals surface area contributed by atoms with Crippen molar-refractivity contribution in [3.05, 3.63) is 30.8 Å². The van der Waals surface area contributed by atoms with Crippen LogP contribution in [0, 0.1) is 6.92 Å². The molecule has 1 rings (SSSR count). The van der Waals surface area contributed by atoms with Crippen molar-refractivity contribution in [2.45, 2.75) is 6.42 Å². The van der Waals surface area contributed by atoms with Crippen LogP contribution in [0.2, 0.25) is 0 Å². The topological polar surface area (TPSA) is 22.1 Å². The molecule has 0 fully saturated rings. The first kappa shape index (κ1) is 7.06. The number of hydrogen-bond acceptors (Lipinski definition) is 2. The minimum absolute atomic E-state index is 0.650. The lowest BCUT2D eigenvalue weighted by atomic mass is 10.2. The summed E-state index contributed by atoms with van der Waals surface area (Å²) in [6, 6.07) is 3.79. The van der Waals surface area contributed by atoms with E-state index < -0.39 is 0 Å². The fourth-order valence-corrected chi connectivity index (χ4v) is 0.680. The molecular formula is C8H10NO. The lowest BCUT2D eigenvalue weighted by Gasteiger charge is -1.97. The predicted molar refractivity (Wildman–Crippen MR) is 39.9 cm³/mol. The van der Waals surface area contributed by atoms with Crippen LogP contribution in [0.3, 0.4) is 0 Å². The summed E-state index contributed by atoms with van der Waals surface area (Å²) in [4.78, 5) is 4.01. The normalized spacial score (nSPS) is 9.40. The second kappa shape index (κ2) is 3.20. The average molecular weight is 136 g/mol. The molecule has 2 heteroatoms. The summed E-state index contributed by atoms with van der Waals surface area (Å²) >= 11 is 0.